The van der Waals surface area contributed by atoms with E-state index in [0.29, 0.717) is 0 Å². The van der Waals surface area contributed by atoms with E-state index in [1.165, 1.54) is 6.92 Å². The Balaban J connectivity index is 4.10. The summed E-state index contributed by atoms with van der Waals surface area (Å²) < 4.78 is 20.3. The van der Waals surface area contributed by atoms with Crippen LogP contribution in [0.2, 0.25) is 0 Å². The number of rotatable bonds is 1. The van der Waals surface area contributed by atoms with Crippen molar-refractivity contribution in [3.63, 3.8) is 0 Å². The normalized spacial score (nSPS) is 16.4. The van der Waals surface area contributed by atoms with Gasteiger partial charge in [-0.2, -0.15) is 0 Å². The van der Waals surface area contributed by atoms with Gasteiger partial charge in [0, 0.05) is 6.26 Å². The molecule has 1 N–H and O–H groups in total. The van der Waals surface area contributed by atoms with E-state index < -0.39 is 15.2 Å². The highest BCUT2D eigenvalue weighted by Gasteiger charge is 2.07. The first-order valence-corrected chi connectivity index (χ1v) is 3.80. The summed E-state index contributed by atoms with van der Waals surface area (Å²) >= 11 is 0. The zero-order chi connectivity index (χ0) is 6.08. The van der Waals surface area contributed by atoms with Gasteiger partial charge in [0.1, 0.15) is 5.37 Å². The summed E-state index contributed by atoms with van der Waals surface area (Å²) in [6, 6.07) is 0. The lowest BCUT2D eigenvalue weighted by Crippen LogP contribution is -2.15. The van der Waals surface area contributed by atoms with Crippen molar-refractivity contribution < 1.29 is 8.42 Å². The Morgan fingerprint density at radius 3 is 1.71 bits per heavy atom. The predicted octanol–water partition coefficient (Wildman–Crippen LogP) is -0.340. The molecule has 0 aromatic rings. The summed E-state index contributed by atoms with van der Waals surface area (Å²) in [5.41, 5.74) is 6.64. The van der Waals surface area contributed by atoms with Crippen LogP contribution in [0.4, 0.5) is 0 Å². The van der Waals surface area contributed by atoms with Gasteiger partial charge in [0.25, 0.3) is 0 Å². The zero-order valence-corrected chi connectivity index (χ0v) is 5.12. The van der Waals surface area contributed by atoms with E-state index in [-0.39, 0.29) is 0 Å². The molecular weight excluding hydrogens is 114 g/mol. The molecule has 0 saturated carbocycles. The summed E-state index contributed by atoms with van der Waals surface area (Å²) in [5, 5.41) is -0.979. The van der Waals surface area contributed by atoms with Crippen molar-refractivity contribution in [1.29, 1.82) is 0 Å². The van der Waals surface area contributed by atoms with Gasteiger partial charge < -0.3 is 0 Å². The summed E-state index contributed by atoms with van der Waals surface area (Å²) in [7, 11) is -3.07. The standard InChI is InChI=1S/C3H8NO2S/c1-3(4)7(2,5)6/h3-4H,1-2H3. The SMILES string of the molecule is CC([NH])S(C)(=O)=O. The lowest BCUT2D eigenvalue weighted by atomic mass is 10.8. The highest BCUT2D eigenvalue weighted by atomic mass is 32.2. The fourth-order valence-corrected chi connectivity index (χ4v) is 0. The molecular formula is C3H8NO2S. The van der Waals surface area contributed by atoms with Crippen LogP contribution in [0.1, 0.15) is 6.92 Å². The maximum Gasteiger partial charge on any atom is 0.164 e. The van der Waals surface area contributed by atoms with Gasteiger partial charge in [-0.3, -0.25) is 0 Å². The van der Waals surface area contributed by atoms with Crippen molar-refractivity contribution in [2.45, 2.75) is 12.3 Å². The van der Waals surface area contributed by atoms with E-state index >= 15 is 0 Å². The molecule has 0 aliphatic heterocycles. The summed E-state index contributed by atoms with van der Waals surface area (Å²) in [4.78, 5) is 0. The second kappa shape index (κ2) is 1.79. The fourth-order valence-electron chi connectivity index (χ4n) is 0. The quantitative estimate of drug-likeness (QED) is 0.477. The average Bonchev–Trinajstić information content (AvgIpc) is 1.31. The predicted molar refractivity (Wildman–Crippen MR) is 27.4 cm³/mol. The van der Waals surface area contributed by atoms with E-state index in [1.807, 2.05) is 0 Å². The van der Waals surface area contributed by atoms with Crippen molar-refractivity contribution in [2.24, 2.45) is 0 Å². The Morgan fingerprint density at radius 1 is 1.57 bits per heavy atom. The minimum Gasteiger partial charge on any atom is -0.239 e. The van der Waals surface area contributed by atoms with Crippen LogP contribution < -0.4 is 5.73 Å². The molecule has 1 radical (unpaired) electrons. The third-order valence-electron chi connectivity index (χ3n) is 0.642. The van der Waals surface area contributed by atoms with Crippen LogP contribution in [0.5, 0.6) is 0 Å². The first-order valence-electron chi connectivity index (χ1n) is 1.84. The molecule has 0 saturated heterocycles. The van der Waals surface area contributed by atoms with Crippen molar-refractivity contribution >= 4 is 9.84 Å². The Hall–Kier alpha value is -0.0900. The third kappa shape index (κ3) is 2.59. The van der Waals surface area contributed by atoms with Crippen LogP contribution in [0.3, 0.4) is 0 Å². The molecule has 0 aromatic heterocycles. The molecule has 0 heterocycles. The third-order valence-corrected chi connectivity index (χ3v) is 1.93. The van der Waals surface area contributed by atoms with E-state index in [2.05, 4.69) is 0 Å². The van der Waals surface area contributed by atoms with E-state index in [4.69, 9.17) is 5.73 Å². The van der Waals surface area contributed by atoms with Gasteiger partial charge in [-0.05, 0) is 6.92 Å². The first kappa shape index (κ1) is 6.91. The van der Waals surface area contributed by atoms with Crippen LogP contribution in [-0.2, 0) is 9.84 Å². The zero-order valence-electron chi connectivity index (χ0n) is 4.30. The maximum atomic E-state index is 10.1. The van der Waals surface area contributed by atoms with Crippen molar-refractivity contribution in [3.05, 3.63) is 0 Å². The molecule has 0 aliphatic rings. The van der Waals surface area contributed by atoms with Gasteiger partial charge in [0.15, 0.2) is 9.84 Å². The molecule has 1 unspecified atom stereocenters. The summed E-state index contributed by atoms with van der Waals surface area (Å²) in [5.74, 6) is 0. The van der Waals surface area contributed by atoms with E-state index in [1.54, 1.807) is 0 Å². The second-order valence-electron chi connectivity index (χ2n) is 1.47. The number of sulfone groups is 1. The fraction of sp³-hybridized carbons (Fsp3) is 1.00. The molecule has 0 rings (SSSR count). The van der Waals surface area contributed by atoms with Gasteiger partial charge in [-0.1, -0.05) is 0 Å². The Bertz CT molecular complexity index is 135. The lowest BCUT2D eigenvalue weighted by Gasteiger charge is -1.95. The summed E-state index contributed by atoms with van der Waals surface area (Å²) in [6.45, 7) is 1.33. The van der Waals surface area contributed by atoms with Gasteiger partial charge in [-0.15, -0.1) is 0 Å². The first-order chi connectivity index (χ1) is 2.94. The monoisotopic (exact) mass is 122 g/mol. The number of nitrogens with one attached hydrogen (secondary N) is 1. The Labute approximate surface area is 43.4 Å². The summed E-state index contributed by atoms with van der Waals surface area (Å²) in [6.07, 6.45) is 1.05. The molecule has 0 bridgehead atoms. The minimum atomic E-state index is -3.07. The highest BCUT2D eigenvalue weighted by molar-refractivity contribution is 7.91. The lowest BCUT2D eigenvalue weighted by molar-refractivity contribution is 0.589. The van der Waals surface area contributed by atoms with E-state index in [0.717, 1.165) is 6.26 Å². The molecule has 3 nitrogen and oxygen atoms in total. The Morgan fingerprint density at radius 2 is 1.71 bits per heavy atom. The van der Waals surface area contributed by atoms with Crippen molar-refractivity contribution in [1.82, 2.24) is 5.73 Å². The van der Waals surface area contributed by atoms with Gasteiger partial charge in [0.2, 0.25) is 0 Å². The maximum absolute atomic E-state index is 10.1. The molecule has 0 fully saturated rings. The van der Waals surface area contributed by atoms with Gasteiger partial charge >= 0.3 is 0 Å². The largest absolute Gasteiger partial charge is 0.239 e. The highest BCUT2D eigenvalue weighted by Crippen LogP contribution is 1.87. The van der Waals surface area contributed by atoms with Gasteiger partial charge in [-0.25, -0.2) is 14.2 Å². The van der Waals surface area contributed by atoms with Crippen LogP contribution in [-0.4, -0.2) is 20.0 Å². The van der Waals surface area contributed by atoms with Crippen LogP contribution in [0.15, 0.2) is 0 Å². The van der Waals surface area contributed by atoms with Crippen LogP contribution >= 0.6 is 0 Å². The molecule has 4 heteroatoms. The second-order valence-corrected chi connectivity index (χ2v) is 3.84. The van der Waals surface area contributed by atoms with Crippen molar-refractivity contribution in [2.75, 3.05) is 6.26 Å². The number of hydrogen-bond donors (Lipinski definition) is 0. The smallest absolute Gasteiger partial charge is 0.164 e. The topological polar surface area (TPSA) is 57.9 Å². The number of hydrogen-bond acceptors (Lipinski definition) is 2. The Kier molecular flexibility index (Phi) is 1.77. The molecule has 0 aliphatic carbocycles. The van der Waals surface area contributed by atoms with Gasteiger partial charge in [0.05, 0.1) is 0 Å². The van der Waals surface area contributed by atoms with Crippen molar-refractivity contribution in [3.8, 4) is 0 Å². The molecule has 43 valence electrons. The molecule has 0 spiro atoms. The van der Waals surface area contributed by atoms with E-state index in [9.17, 15) is 8.42 Å². The molecule has 0 aromatic carbocycles. The molecule has 0 amide bonds. The van der Waals surface area contributed by atoms with Crippen LogP contribution in [0, 0.1) is 0 Å². The molecule has 1 atom stereocenters. The van der Waals surface area contributed by atoms with Crippen LogP contribution in [0.25, 0.3) is 0 Å². The molecule has 7 heavy (non-hydrogen) atoms. The average molecular weight is 122 g/mol. The minimum absolute atomic E-state index is 0.979.